The standard InChI is InChI=1S/C14H15N3O4/c1-2-20-13(18)9-21-12-5-3-4-11(6-12)17-14(19)10-7-15-16-8-10/h3-8H,2,9H2,1H3,(H,15,16)(H,17,19). The number of carbonyl (C=O) groups excluding carboxylic acids is 2. The lowest BCUT2D eigenvalue weighted by Gasteiger charge is -2.08. The Labute approximate surface area is 121 Å². The van der Waals surface area contributed by atoms with Crippen molar-refractivity contribution in [2.24, 2.45) is 0 Å². The van der Waals surface area contributed by atoms with E-state index >= 15 is 0 Å². The van der Waals surface area contributed by atoms with Crippen molar-refractivity contribution < 1.29 is 19.1 Å². The highest BCUT2D eigenvalue weighted by molar-refractivity contribution is 6.03. The molecule has 110 valence electrons. The summed E-state index contributed by atoms with van der Waals surface area (Å²) in [5.74, 6) is -0.260. The lowest BCUT2D eigenvalue weighted by molar-refractivity contribution is -0.145. The first kappa shape index (κ1) is 14.6. The van der Waals surface area contributed by atoms with E-state index in [1.54, 1.807) is 31.2 Å². The average Bonchev–Trinajstić information content (AvgIpc) is 3.00. The number of hydrogen-bond acceptors (Lipinski definition) is 5. The number of nitrogens with zero attached hydrogens (tertiary/aromatic N) is 1. The van der Waals surface area contributed by atoms with Crippen LogP contribution >= 0.6 is 0 Å². The van der Waals surface area contributed by atoms with Crippen LogP contribution in [0.15, 0.2) is 36.7 Å². The molecular formula is C14H15N3O4. The van der Waals surface area contributed by atoms with E-state index in [2.05, 4.69) is 15.5 Å². The highest BCUT2D eigenvalue weighted by atomic mass is 16.6. The van der Waals surface area contributed by atoms with Gasteiger partial charge in [-0.3, -0.25) is 9.89 Å². The summed E-state index contributed by atoms with van der Waals surface area (Å²) in [6.07, 6.45) is 2.92. The summed E-state index contributed by atoms with van der Waals surface area (Å²) >= 11 is 0. The van der Waals surface area contributed by atoms with Gasteiger partial charge in [0.2, 0.25) is 0 Å². The third-order valence-corrected chi connectivity index (χ3v) is 2.51. The number of benzene rings is 1. The zero-order chi connectivity index (χ0) is 15.1. The topological polar surface area (TPSA) is 93.3 Å². The van der Waals surface area contributed by atoms with Crippen molar-refractivity contribution in [2.45, 2.75) is 6.92 Å². The molecular weight excluding hydrogens is 274 g/mol. The molecule has 1 amide bonds. The summed E-state index contributed by atoms with van der Waals surface area (Å²) in [5.41, 5.74) is 0.982. The number of carbonyl (C=O) groups is 2. The number of amides is 1. The molecule has 0 unspecified atom stereocenters. The van der Waals surface area contributed by atoms with Crippen molar-refractivity contribution in [3.63, 3.8) is 0 Å². The number of ether oxygens (including phenoxy) is 2. The van der Waals surface area contributed by atoms with Crippen molar-refractivity contribution in [1.29, 1.82) is 0 Å². The summed E-state index contributed by atoms with van der Waals surface area (Å²) < 4.78 is 10.1. The number of aromatic nitrogens is 2. The van der Waals surface area contributed by atoms with E-state index in [1.807, 2.05) is 0 Å². The van der Waals surface area contributed by atoms with E-state index in [9.17, 15) is 9.59 Å². The minimum atomic E-state index is -0.440. The van der Waals surface area contributed by atoms with E-state index in [0.29, 0.717) is 23.6 Å². The molecule has 0 aliphatic rings. The quantitative estimate of drug-likeness (QED) is 0.788. The van der Waals surface area contributed by atoms with Crippen LogP contribution in [-0.2, 0) is 9.53 Å². The van der Waals surface area contributed by atoms with E-state index < -0.39 is 5.97 Å². The van der Waals surface area contributed by atoms with Crippen LogP contribution in [-0.4, -0.2) is 35.3 Å². The van der Waals surface area contributed by atoms with Gasteiger partial charge in [0.1, 0.15) is 5.75 Å². The molecule has 7 nitrogen and oxygen atoms in total. The van der Waals surface area contributed by atoms with Crippen LogP contribution < -0.4 is 10.1 Å². The summed E-state index contributed by atoms with van der Waals surface area (Å²) in [7, 11) is 0. The molecule has 2 N–H and O–H groups in total. The maximum absolute atomic E-state index is 11.9. The lowest BCUT2D eigenvalue weighted by atomic mass is 10.2. The SMILES string of the molecule is CCOC(=O)COc1cccc(NC(=O)c2cn[nH]c2)c1. The van der Waals surface area contributed by atoms with Crippen LogP contribution in [0.4, 0.5) is 5.69 Å². The van der Waals surface area contributed by atoms with Crippen molar-refractivity contribution >= 4 is 17.6 Å². The first-order valence-corrected chi connectivity index (χ1v) is 6.37. The minimum absolute atomic E-state index is 0.174. The summed E-state index contributed by atoms with van der Waals surface area (Å²) in [6, 6.07) is 6.74. The summed E-state index contributed by atoms with van der Waals surface area (Å²) in [6.45, 7) is 1.86. The van der Waals surface area contributed by atoms with Gasteiger partial charge in [0, 0.05) is 18.0 Å². The zero-order valence-electron chi connectivity index (χ0n) is 11.5. The monoisotopic (exact) mass is 289 g/mol. The molecule has 1 aromatic carbocycles. The molecule has 7 heteroatoms. The van der Waals surface area contributed by atoms with Crippen molar-refractivity contribution in [3.8, 4) is 5.75 Å². The second kappa shape index (κ2) is 7.09. The molecule has 0 bridgehead atoms. The second-order valence-electron chi connectivity index (χ2n) is 4.06. The predicted molar refractivity (Wildman–Crippen MR) is 75.1 cm³/mol. The predicted octanol–water partition coefficient (Wildman–Crippen LogP) is 1.60. The number of rotatable bonds is 6. The zero-order valence-corrected chi connectivity index (χ0v) is 11.5. The molecule has 1 heterocycles. The van der Waals surface area contributed by atoms with Gasteiger partial charge in [0.15, 0.2) is 6.61 Å². The van der Waals surface area contributed by atoms with Crippen molar-refractivity contribution in [3.05, 3.63) is 42.2 Å². The Hall–Kier alpha value is -2.83. The molecule has 2 rings (SSSR count). The fourth-order valence-electron chi connectivity index (χ4n) is 1.59. The molecule has 21 heavy (non-hydrogen) atoms. The normalized spacial score (nSPS) is 9.95. The third kappa shape index (κ3) is 4.34. The maximum atomic E-state index is 11.9. The Balaban J connectivity index is 1.94. The van der Waals surface area contributed by atoms with E-state index in [1.165, 1.54) is 12.4 Å². The lowest BCUT2D eigenvalue weighted by Crippen LogP contribution is -2.15. The highest BCUT2D eigenvalue weighted by Crippen LogP contribution is 2.18. The highest BCUT2D eigenvalue weighted by Gasteiger charge is 2.08. The number of nitrogens with one attached hydrogen (secondary N) is 2. The van der Waals surface area contributed by atoms with E-state index in [0.717, 1.165) is 0 Å². The van der Waals surface area contributed by atoms with Gasteiger partial charge >= 0.3 is 5.97 Å². The molecule has 0 spiro atoms. The summed E-state index contributed by atoms with van der Waals surface area (Å²) in [4.78, 5) is 23.1. The van der Waals surface area contributed by atoms with Gasteiger partial charge in [-0.1, -0.05) is 6.07 Å². The Morgan fingerprint density at radius 3 is 2.95 bits per heavy atom. The van der Waals surface area contributed by atoms with Crippen LogP contribution in [0.3, 0.4) is 0 Å². The van der Waals surface area contributed by atoms with Crippen molar-refractivity contribution in [1.82, 2.24) is 10.2 Å². The molecule has 0 radical (unpaired) electrons. The Morgan fingerprint density at radius 1 is 1.38 bits per heavy atom. The molecule has 0 saturated carbocycles. The number of aromatic amines is 1. The van der Waals surface area contributed by atoms with Gasteiger partial charge in [0.05, 0.1) is 18.4 Å². The van der Waals surface area contributed by atoms with Gasteiger partial charge in [-0.05, 0) is 19.1 Å². The van der Waals surface area contributed by atoms with Crippen LogP contribution in [0.1, 0.15) is 17.3 Å². The smallest absolute Gasteiger partial charge is 0.344 e. The first-order chi connectivity index (χ1) is 10.2. The van der Waals surface area contributed by atoms with Gasteiger partial charge in [-0.25, -0.2) is 4.79 Å². The number of hydrogen-bond donors (Lipinski definition) is 2. The van der Waals surface area contributed by atoms with Crippen LogP contribution in [0.5, 0.6) is 5.75 Å². The van der Waals surface area contributed by atoms with E-state index in [4.69, 9.17) is 9.47 Å². The Morgan fingerprint density at radius 2 is 2.24 bits per heavy atom. The second-order valence-corrected chi connectivity index (χ2v) is 4.06. The van der Waals surface area contributed by atoms with Gasteiger partial charge in [-0.2, -0.15) is 5.10 Å². The maximum Gasteiger partial charge on any atom is 0.344 e. The van der Waals surface area contributed by atoms with Crippen LogP contribution in [0.25, 0.3) is 0 Å². The van der Waals surface area contributed by atoms with Crippen LogP contribution in [0.2, 0.25) is 0 Å². The van der Waals surface area contributed by atoms with Crippen LogP contribution in [0, 0.1) is 0 Å². The molecule has 0 aliphatic heterocycles. The molecule has 0 fully saturated rings. The minimum Gasteiger partial charge on any atom is -0.482 e. The molecule has 0 atom stereocenters. The number of esters is 1. The third-order valence-electron chi connectivity index (χ3n) is 2.51. The largest absolute Gasteiger partial charge is 0.482 e. The number of anilines is 1. The molecule has 0 saturated heterocycles. The Bertz CT molecular complexity index is 610. The Kier molecular flexibility index (Phi) is 4.92. The fraction of sp³-hybridized carbons (Fsp3) is 0.214. The summed E-state index contributed by atoms with van der Waals surface area (Å²) in [5, 5.41) is 8.97. The molecule has 1 aromatic heterocycles. The van der Waals surface area contributed by atoms with Gasteiger partial charge in [0.25, 0.3) is 5.91 Å². The molecule has 0 aliphatic carbocycles. The fourth-order valence-corrected chi connectivity index (χ4v) is 1.59. The van der Waals surface area contributed by atoms with Gasteiger partial charge in [-0.15, -0.1) is 0 Å². The first-order valence-electron chi connectivity index (χ1n) is 6.37. The van der Waals surface area contributed by atoms with E-state index in [-0.39, 0.29) is 12.5 Å². The van der Waals surface area contributed by atoms with Crippen molar-refractivity contribution in [2.75, 3.05) is 18.5 Å². The average molecular weight is 289 g/mol. The number of H-pyrrole nitrogens is 1. The van der Waals surface area contributed by atoms with Gasteiger partial charge < -0.3 is 14.8 Å². The molecule has 2 aromatic rings.